The number of hydrogen-bond donors (Lipinski definition) is 2. The highest BCUT2D eigenvalue weighted by Crippen LogP contribution is 2.60. The van der Waals surface area contributed by atoms with E-state index in [-0.39, 0.29) is 11.3 Å². The minimum Gasteiger partial charge on any atom is -0.783 e. The number of amides is 3. The molecule has 9 heteroatoms. The van der Waals surface area contributed by atoms with Gasteiger partial charge in [0.05, 0.1) is 13.2 Å². The normalized spacial score (nSPS) is 32.8. The number of morpholine rings is 1. The molecule has 8 rings (SSSR count). The molecular formula is C33H42N5O4-. The Kier molecular flexibility index (Phi) is 7.69. The van der Waals surface area contributed by atoms with Crippen molar-refractivity contribution in [1.29, 1.82) is 0 Å². The fourth-order valence-corrected chi connectivity index (χ4v) is 9.04. The van der Waals surface area contributed by atoms with Crippen LogP contribution in [0.1, 0.15) is 56.6 Å². The number of carbonyl (C=O) groups is 2. The maximum Gasteiger partial charge on any atom is 0.320 e. The Morgan fingerprint density at radius 3 is 2.26 bits per heavy atom. The van der Waals surface area contributed by atoms with Crippen LogP contribution in [0, 0.1) is 28.4 Å². The van der Waals surface area contributed by atoms with Crippen molar-refractivity contribution < 1.29 is 14.3 Å². The molecule has 2 heterocycles. The van der Waals surface area contributed by atoms with Gasteiger partial charge in [-0.2, -0.15) is 0 Å². The molecule has 2 N–H and O–H groups in total. The summed E-state index contributed by atoms with van der Waals surface area (Å²) in [6.45, 7) is 4.34. The summed E-state index contributed by atoms with van der Waals surface area (Å²) >= 11 is 0. The first kappa shape index (κ1) is 27.8. The van der Waals surface area contributed by atoms with Gasteiger partial charge in [0, 0.05) is 43.6 Å². The van der Waals surface area contributed by atoms with Crippen LogP contribution in [0.15, 0.2) is 54.6 Å². The van der Waals surface area contributed by atoms with Crippen molar-refractivity contribution in [3.05, 3.63) is 65.4 Å². The standard InChI is InChI=1S/C33H42N5O4/c39-31-30(35-32(40)34-26-6-2-1-3-7-26)38(41)29(10-11-36-12-14-42-15-13-36)27-8-4-5-9-28(27)37(31)22-33-19-23-16-24(20-33)18-25(17-23)21-33/h1-9,23-25,29-30H,10-22H2,(H2,34,35,40)/q-1. The third-order valence-electron chi connectivity index (χ3n) is 10.4. The lowest BCUT2D eigenvalue weighted by Crippen LogP contribution is -2.59. The summed E-state index contributed by atoms with van der Waals surface area (Å²) in [5, 5.41) is 20.7. The number of fused-ring (bicyclic) bond motifs is 1. The number of hydroxylamine groups is 2. The Morgan fingerprint density at radius 2 is 1.57 bits per heavy atom. The second-order valence-corrected chi connectivity index (χ2v) is 13.4. The number of nitrogens with zero attached hydrogens (tertiary/aromatic N) is 3. The Morgan fingerprint density at radius 1 is 0.929 bits per heavy atom. The van der Waals surface area contributed by atoms with Gasteiger partial charge in [-0.1, -0.05) is 36.4 Å². The average molecular weight is 573 g/mol. The molecule has 2 aromatic carbocycles. The predicted octanol–water partition coefficient (Wildman–Crippen LogP) is 4.96. The first-order valence-corrected chi connectivity index (χ1v) is 15.7. The van der Waals surface area contributed by atoms with Crippen molar-refractivity contribution in [3.63, 3.8) is 0 Å². The maximum absolute atomic E-state index is 14.5. The Bertz CT molecular complexity index is 1250. The highest BCUT2D eigenvalue weighted by atomic mass is 16.5. The lowest BCUT2D eigenvalue weighted by Gasteiger charge is -2.58. The van der Waals surface area contributed by atoms with Crippen LogP contribution in [0.5, 0.6) is 0 Å². The number of para-hydroxylation sites is 2. The van der Waals surface area contributed by atoms with E-state index >= 15 is 0 Å². The van der Waals surface area contributed by atoms with Gasteiger partial charge in [-0.15, -0.1) is 0 Å². The second-order valence-electron chi connectivity index (χ2n) is 13.4. The molecule has 2 atom stereocenters. The Labute approximate surface area is 248 Å². The number of benzene rings is 2. The molecule has 2 aliphatic heterocycles. The molecule has 9 nitrogen and oxygen atoms in total. The van der Waals surface area contributed by atoms with Crippen LogP contribution < -0.4 is 15.5 Å². The van der Waals surface area contributed by atoms with Crippen LogP contribution in [0.2, 0.25) is 0 Å². The summed E-state index contributed by atoms with van der Waals surface area (Å²) in [5.41, 5.74) is 2.37. The van der Waals surface area contributed by atoms with E-state index in [4.69, 9.17) is 4.74 Å². The highest BCUT2D eigenvalue weighted by molar-refractivity contribution is 6.01. The van der Waals surface area contributed by atoms with E-state index < -0.39 is 18.2 Å². The van der Waals surface area contributed by atoms with E-state index in [1.807, 2.05) is 47.4 Å². The minimum absolute atomic E-state index is 0.0791. The van der Waals surface area contributed by atoms with Gasteiger partial charge in [0.25, 0.3) is 5.91 Å². The summed E-state index contributed by atoms with van der Waals surface area (Å²) < 4.78 is 5.52. The van der Waals surface area contributed by atoms with E-state index in [1.165, 1.54) is 19.3 Å². The molecule has 6 aliphatic rings. The lowest BCUT2D eigenvalue weighted by molar-refractivity contribution is -0.125. The third-order valence-corrected chi connectivity index (χ3v) is 10.4. The average Bonchev–Trinajstić information content (AvgIpc) is 3.06. The van der Waals surface area contributed by atoms with Gasteiger partial charge in [0.15, 0.2) is 6.17 Å². The predicted molar refractivity (Wildman–Crippen MR) is 162 cm³/mol. The molecular weight excluding hydrogens is 530 g/mol. The van der Waals surface area contributed by atoms with Gasteiger partial charge < -0.3 is 30.5 Å². The van der Waals surface area contributed by atoms with Gasteiger partial charge in [-0.25, -0.2) is 4.79 Å². The molecule has 224 valence electrons. The summed E-state index contributed by atoms with van der Waals surface area (Å²) in [7, 11) is 0. The number of nitrogens with one attached hydrogen (secondary N) is 2. The number of rotatable bonds is 7. The SMILES string of the molecule is O=C(Nc1ccccc1)NC1C(=O)N(CC23CC4CC(CC(C4)C2)C3)c2ccccc2C(CCN2CCOCC2)N1[O-]. The molecule has 2 unspecified atom stereocenters. The molecule has 1 saturated heterocycles. The highest BCUT2D eigenvalue weighted by Gasteiger charge is 2.52. The summed E-state index contributed by atoms with van der Waals surface area (Å²) in [5.74, 6) is 1.90. The molecule has 42 heavy (non-hydrogen) atoms. The largest absolute Gasteiger partial charge is 0.783 e. The topological polar surface area (TPSA) is 100 Å². The van der Waals surface area contributed by atoms with Crippen LogP contribution >= 0.6 is 0 Å². The van der Waals surface area contributed by atoms with Crippen LogP contribution in [0.3, 0.4) is 0 Å². The van der Waals surface area contributed by atoms with Crippen LogP contribution in [0.4, 0.5) is 16.2 Å². The number of hydrogen-bond acceptors (Lipinski definition) is 6. The molecule has 4 aliphatic carbocycles. The van der Waals surface area contributed by atoms with E-state index in [2.05, 4.69) is 15.5 Å². The van der Waals surface area contributed by atoms with Crippen molar-refractivity contribution >= 4 is 23.3 Å². The molecule has 4 bridgehead atoms. The lowest BCUT2D eigenvalue weighted by atomic mass is 9.49. The van der Waals surface area contributed by atoms with Crippen LogP contribution in [0.25, 0.3) is 0 Å². The molecule has 2 aromatic rings. The van der Waals surface area contributed by atoms with Crippen molar-refractivity contribution in [1.82, 2.24) is 15.3 Å². The molecule has 0 spiro atoms. The van der Waals surface area contributed by atoms with Gasteiger partial charge in [-0.05, 0) is 91.9 Å². The fraction of sp³-hybridized carbons (Fsp3) is 0.576. The first-order valence-electron chi connectivity index (χ1n) is 15.7. The zero-order valence-corrected chi connectivity index (χ0v) is 24.2. The summed E-state index contributed by atoms with van der Waals surface area (Å²) in [6, 6.07) is 15.9. The first-order chi connectivity index (χ1) is 20.5. The fourth-order valence-electron chi connectivity index (χ4n) is 9.04. The Balaban J connectivity index is 1.20. The van der Waals surface area contributed by atoms with Gasteiger partial charge in [0.2, 0.25) is 0 Å². The van der Waals surface area contributed by atoms with E-state index in [0.717, 1.165) is 66.4 Å². The van der Waals surface area contributed by atoms with Gasteiger partial charge >= 0.3 is 6.03 Å². The number of urea groups is 1. The molecule has 0 radical (unpaired) electrons. The number of ether oxygens (including phenoxy) is 1. The molecule has 4 saturated carbocycles. The van der Waals surface area contributed by atoms with E-state index in [1.54, 1.807) is 12.1 Å². The van der Waals surface area contributed by atoms with Gasteiger partial charge in [-0.3, -0.25) is 9.69 Å². The maximum atomic E-state index is 14.5. The van der Waals surface area contributed by atoms with Crippen molar-refractivity contribution in [2.24, 2.45) is 23.2 Å². The van der Waals surface area contributed by atoms with Crippen molar-refractivity contribution in [2.45, 2.75) is 57.2 Å². The van der Waals surface area contributed by atoms with Crippen LogP contribution in [-0.4, -0.2) is 67.5 Å². The van der Waals surface area contributed by atoms with Crippen LogP contribution in [-0.2, 0) is 9.53 Å². The molecule has 3 amide bonds. The smallest absolute Gasteiger partial charge is 0.320 e. The monoisotopic (exact) mass is 572 g/mol. The zero-order chi connectivity index (χ0) is 28.7. The van der Waals surface area contributed by atoms with Crippen molar-refractivity contribution in [3.8, 4) is 0 Å². The molecule has 0 aromatic heterocycles. The third kappa shape index (κ3) is 5.55. The van der Waals surface area contributed by atoms with Crippen molar-refractivity contribution in [2.75, 3.05) is 49.6 Å². The van der Waals surface area contributed by atoms with E-state index in [0.29, 0.717) is 38.4 Å². The van der Waals surface area contributed by atoms with Gasteiger partial charge in [0.1, 0.15) is 0 Å². The minimum atomic E-state index is -1.33. The van der Waals surface area contributed by atoms with E-state index in [9.17, 15) is 14.8 Å². The quantitative estimate of drug-likeness (QED) is 0.487. The summed E-state index contributed by atoms with van der Waals surface area (Å²) in [4.78, 5) is 31.9. The summed E-state index contributed by atoms with van der Waals surface area (Å²) in [6.07, 6.45) is 6.65. The second kappa shape index (κ2) is 11.6. The number of anilines is 2. The number of carbonyl (C=O) groups excluding carboxylic acids is 2. The molecule has 5 fully saturated rings. The Hall–Kier alpha value is -2.98. The zero-order valence-electron chi connectivity index (χ0n) is 24.2.